The minimum atomic E-state index is 0.677. The van der Waals surface area contributed by atoms with Crippen molar-refractivity contribution in [1.29, 1.82) is 0 Å². The molecule has 1 aromatic carbocycles. The summed E-state index contributed by atoms with van der Waals surface area (Å²) in [6.45, 7) is 7.72. The fourth-order valence-electron chi connectivity index (χ4n) is 2.02. The zero-order chi connectivity index (χ0) is 11.8. The molecule has 1 rings (SSSR count). The Labute approximate surface area is 100 Å². The van der Waals surface area contributed by atoms with Crippen molar-refractivity contribution in [3.8, 4) is 0 Å². The van der Waals surface area contributed by atoms with Crippen molar-refractivity contribution in [2.24, 2.45) is 0 Å². The quantitative estimate of drug-likeness (QED) is 0.739. The van der Waals surface area contributed by atoms with Crippen molar-refractivity contribution in [2.75, 3.05) is 6.54 Å². The predicted molar refractivity (Wildman–Crippen MR) is 71.9 cm³/mol. The van der Waals surface area contributed by atoms with E-state index in [1.165, 1.54) is 30.4 Å². The highest BCUT2D eigenvalue weighted by molar-refractivity contribution is 5.22. The lowest BCUT2D eigenvalue weighted by molar-refractivity contribution is 0.481. The van der Waals surface area contributed by atoms with Crippen molar-refractivity contribution >= 4 is 0 Å². The van der Waals surface area contributed by atoms with Gasteiger partial charge < -0.3 is 5.32 Å². The summed E-state index contributed by atoms with van der Waals surface area (Å²) in [6, 6.07) is 9.73. The Morgan fingerprint density at radius 3 is 2.12 bits per heavy atom. The molecule has 1 aromatic rings. The van der Waals surface area contributed by atoms with Crippen molar-refractivity contribution in [1.82, 2.24) is 5.32 Å². The summed E-state index contributed by atoms with van der Waals surface area (Å²) in [5.41, 5.74) is 2.90. The van der Waals surface area contributed by atoms with Crippen LogP contribution in [0.2, 0.25) is 0 Å². The molecule has 0 saturated carbocycles. The van der Waals surface area contributed by atoms with Gasteiger partial charge in [-0.3, -0.25) is 0 Å². The van der Waals surface area contributed by atoms with Gasteiger partial charge in [-0.15, -0.1) is 0 Å². The van der Waals surface area contributed by atoms with Crippen LogP contribution in [0, 0.1) is 0 Å². The van der Waals surface area contributed by atoms with Crippen LogP contribution in [-0.4, -0.2) is 12.6 Å². The molecule has 0 heterocycles. The van der Waals surface area contributed by atoms with E-state index in [4.69, 9.17) is 0 Å². The van der Waals surface area contributed by atoms with Gasteiger partial charge in [-0.05, 0) is 43.4 Å². The molecular formula is C15H25N. The third-order valence-corrected chi connectivity index (χ3v) is 3.20. The van der Waals surface area contributed by atoms with Gasteiger partial charge in [0, 0.05) is 6.04 Å². The first-order valence-electron chi connectivity index (χ1n) is 6.61. The standard InChI is InChI=1S/C15H25N/c1-4-13-7-9-14(10-8-13)11-12-15(5-2)16-6-3/h7-10,15-16H,4-6,11-12H2,1-3H3. The van der Waals surface area contributed by atoms with Crippen molar-refractivity contribution in [3.05, 3.63) is 35.4 Å². The Morgan fingerprint density at radius 2 is 1.62 bits per heavy atom. The number of aryl methyl sites for hydroxylation is 2. The molecule has 16 heavy (non-hydrogen) atoms. The second kappa shape index (κ2) is 7.45. The number of benzene rings is 1. The number of nitrogens with one attached hydrogen (secondary N) is 1. The van der Waals surface area contributed by atoms with Crippen LogP contribution in [0.15, 0.2) is 24.3 Å². The molecule has 0 amide bonds. The summed E-state index contributed by atoms with van der Waals surface area (Å²) in [6.07, 6.45) is 4.79. The molecule has 1 N–H and O–H groups in total. The minimum absolute atomic E-state index is 0.677. The van der Waals surface area contributed by atoms with E-state index < -0.39 is 0 Å². The lowest BCUT2D eigenvalue weighted by atomic mass is 10.0. The first kappa shape index (κ1) is 13.2. The molecule has 1 heteroatoms. The van der Waals surface area contributed by atoms with Crippen molar-refractivity contribution < 1.29 is 0 Å². The summed E-state index contributed by atoms with van der Waals surface area (Å²) in [4.78, 5) is 0. The Morgan fingerprint density at radius 1 is 1.00 bits per heavy atom. The fraction of sp³-hybridized carbons (Fsp3) is 0.600. The van der Waals surface area contributed by atoms with Gasteiger partial charge in [0.05, 0.1) is 0 Å². The Bertz CT molecular complexity index is 276. The molecule has 0 aliphatic heterocycles. The Hall–Kier alpha value is -0.820. The molecular weight excluding hydrogens is 194 g/mol. The second-order valence-corrected chi connectivity index (χ2v) is 4.37. The second-order valence-electron chi connectivity index (χ2n) is 4.37. The number of hydrogen-bond acceptors (Lipinski definition) is 1. The largest absolute Gasteiger partial charge is 0.314 e. The van der Waals surface area contributed by atoms with Crippen LogP contribution in [0.5, 0.6) is 0 Å². The molecule has 0 bridgehead atoms. The van der Waals surface area contributed by atoms with Crippen molar-refractivity contribution in [2.45, 2.75) is 52.5 Å². The lowest BCUT2D eigenvalue weighted by Gasteiger charge is -2.15. The van der Waals surface area contributed by atoms with E-state index in [-0.39, 0.29) is 0 Å². The molecule has 0 fully saturated rings. The molecule has 0 aliphatic rings. The summed E-state index contributed by atoms with van der Waals surface area (Å²) >= 11 is 0. The molecule has 1 atom stereocenters. The Balaban J connectivity index is 2.40. The van der Waals surface area contributed by atoms with Gasteiger partial charge in [-0.25, -0.2) is 0 Å². The average Bonchev–Trinajstić information content (AvgIpc) is 2.35. The van der Waals surface area contributed by atoms with E-state index in [0.29, 0.717) is 6.04 Å². The topological polar surface area (TPSA) is 12.0 Å². The summed E-state index contributed by atoms with van der Waals surface area (Å²) in [5.74, 6) is 0. The van der Waals surface area contributed by atoms with Gasteiger partial charge in [0.15, 0.2) is 0 Å². The van der Waals surface area contributed by atoms with E-state index in [1.807, 2.05) is 0 Å². The van der Waals surface area contributed by atoms with E-state index in [9.17, 15) is 0 Å². The molecule has 90 valence electrons. The first-order chi connectivity index (χ1) is 7.80. The van der Waals surface area contributed by atoms with E-state index in [2.05, 4.69) is 50.4 Å². The van der Waals surface area contributed by atoms with Crippen LogP contribution in [0.3, 0.4) is 0 Å². The average molecular weight is 219 g/mol. The summed E-state index contributed by atoms with van der Waals surface area (Å²) in [5, 5.41) is 3.53. The highest BCUT2D eigenvalue weighted by atomic mass is 14.9. The normalized spacial score (nSPS) is 12.7. The molecule has 0 saturated heterocycles. The predicted octanol–water partition coefficient (Wildman–Crippen LogP) is 3.57. The lowest BCUT2D eigenvalue weighted by Crippen LogP contribution is -2.28. The van der Waals surface area contributed by atoms with Crippen LogP contribution < -0.4 is 5.32 Å². The van der Waals surface area contributed by atoms with Crippen LogP contribution in [0.25, 0.3) is 0 Å². The molecule has 1 unspecified atom stereocenters. The minimum Gasteiger partial charge on any atom is -0.314 e. The van der Waals surface area contributed by atoms with Gasteiger partial charge >= 0.3 is 0 Å². The summed E-state index contributed by atoms with van der Waals surface area (Å²) in [7, 11) is 0. The molecule has 1 nitrogen and oxygen atoms in total. The van der Waals surface area contributed by atoms with Crippen LogP contribution >= 0.6 is 0 Å². The van der Waals surface area contributed by atoms with Crippen LogP contribution in [0.4, 0.5) is 0 Å². The smallest absolute Gasteiger partial charge is 0.00674 e. The maximum absolute atomic E-state index is 3.53. The highest BCUT2D eigenvalue weighted by Gasteiger charge is 2.04. The monoisotopic (exact) mass is 219 g/mol. The van der Waals surface area contributed by atoms with Crippen LogP contribution in [0.1, 0.15) is 44.7 Å². The third kappa shape index (κ3) is 4.36. The van der Waals surface area contributed by atoms with E-state index in [1.54, 1.807) is 0 Å². The fourth-order valence-corrected chi connectivity index (χ4v) is 2.02. The third-order valence-electron chi connectivity index (χ3n) is 3.20. The molecule has 0 aromatic heterocycles. The number of rotatable bonds is 7. The van der Waals surface area contributed by atoms with E-state index >= 15 is 0 Å². The van der Waals surface area contributed by atoms with Gasteiger partial charge in [-0.2, -0.15) is 0 Å². The molecule has 0 radical (unpaired) electrons. The zero-order valence-corrected chi connectivity index (χ0v) is 10.9. The number of hydrogen-bond donors (Lipinski definition) is 1. The van der Waals surface area contributed by atoms with Gasteiger partial charge in [0.1, 0.15) is 0 Å². The van der Waals surface area contributed by atoms with Gasteiger partial charge in [0.25, 0.3) is 0 Å². The van der Waals surface area contributed by atoms with Crippen LogP contribution in [-0.2, 0) is 12.8 Å². The maximum atomic E-state index is 3.53. The zero-order valence-electron chi connectivity index (χ0n) is 10.9. The highest BCUT2D eigenvalue weighted by Crippen LogP contribution is 2.09. The maximum Gasteiger partial charge on any atom is 0.00674 e. The first-order valence-corrected chi connectivity index (χ1v) is 6.61. The molecule has 0 spiro atoms. The van der Waals surface area contributed by atoms with Gasteiger partial charge in [-0.1, -0.05) is 45.0 Å². The van der Waals surface area contributed by atoms with E-state index in [0.717, 1.165) is 13.0 Å². The SMILES string of the molecule is CCNC(CC)CCc1ccc(CC)cc1. The Kier molecular flexibility index (Phi) is 6.17. The molecule has 0 aliphatic carbocycles. The summed E-state index contributed by atoms with van der Waals surface area (Å²) < 4.78 is 0. The van der Waals surface area contributed by atoms with Crippen molar-refractivity contribution in [3.63, 3.8) is 0 Å². The van der Waals surface area contributed by atoms with Gasteiger partial charge in [0.2, 0.25) is 0 Å².